The van der Waals surface area contributed by atoms with Crippen molar-refractivity contribution in [2.24, 2.45) is 0 Å². The van der Waals surface area contributed by atoms with Gasteiger partial charge < -0.3 is 9.72 Å². The van der Waals surface area contributed by atoms with Crippen LogP contribution in [0.2, 0.25) is 0 Å². The van der Waals surface area contributed by atoms with E-state index in [1.54, 1.807) is 24.2 Å². The van der Waals surface area contributed by atoms with Gasteiger partial charge in [-0.05, 0) is 24.6 Å². The minimum Gasteiger partial charge on any atom is -0.363 e. The van der Waals surface area contributed by atoms with Gasteiger partial charge in [-0.15, -0.1) is 11.8 Å². The topological polar surface area (TPSA) is 55.1 Å². The van der Waals surface area contributed by atoms with Crippen LogP contribution >= 0.6 is 11.8 Å². The maximum atomic E-state index is 4.63. The molecule has 0 saturated heterocycles. The van der Waals surface area contributed by atoms with Crippen molar-refractivity contribution in [1.82, 2.24) is 19.4 Å². The lowest BCUT2D eigenvalue weighted by Crippen LogP contribution is -2.02. The van der Waals surface area contributed by atoms with Gasteiger partial charge in [-0.1, -0.05) is 36.4 Å². The molecule has 0 saturated carbocycles. The van der Waals surface area contributed by atoms with E-state index in [0.717, 1.165) is 27.9 Å². The maximum Gasteiger partial charge on any atom is 0.146 e. The zero-order valence-electron chi connectivity index (χ0n) is 14.5. The first kappa shape index (κ1) is 16.6. The second-order valence-corrected chi connectivity index (χ2v) is 6.99. The molecule has 0 bridgehead atoms. The van der Waals surface area contributed by atoms with Gasteiger partial charge in [0.1, 0.15) is 16.5 Å². The predicted molar refractivity (Wildman–Crippen MR) is 105 cm³/mol. The molecule has 0 atom stereocenters. The fourth-order valence-electron chi connectivity index (χ4n) is 2.70. The molecule has 0 radical (unpaired) electrons. The molecule has 0 spiro atoms. The van der Waals surface area contributed by atoms with Gasteiger partial charge in [-0.3, -0.25) is 4.98 Å². The third-order valence-corrected chi connectivity index (χ3v) is 5.01. The van der Waals surface area contributed by atoms with E-state index in [2.05, 4.69) is 68.1 Å². The van der Waals surface area contributed by atoms with Crippen molar-refractivity contribution >= 4 is 23.2 Å². The van der Waals surface area contributed by atoms with Crippen LogP contribution in [0.3, 0.4) is 0 Å². The fraction of sp³-hybridized carbons (Fsp3) is 0.150. The summed E-state index contributed by atoms with van der Waals surface area (Å²) in [7, 11) is 0. The maximum absolute atomic E-state index is 4.63. The summed E-state index contributed by atoms with van der Waals surface area (Å²) in [6.45, 7) is 2.69. The molecule has 3 aromatic heterocycles. The Balaban J connectivity index is 1.41. The monoisotopic (exact) mass is 361 g/mol. The predicted octanol–water partition coefficient (Wildman–Crippen LogP) is 4.34. The summed E-state index contributed by atoms with van der Waals surface area (Å²) in [4.78, 5) is 13.6. The molecular formula is C20H19N5S. The van der Waals surface area contributed by atoms with Gasteiger partial charge in [0.15, 0.2) is 0 Å². The summed E-state index contributed by atoms with van der Waals surface area (Å²) in [5.74, 6) is 1.64. The summed E-state index contributed by atoms with van der Waals surface area (Å²) in [5.41, 5.74) is 4.38. The minimum atomic E-state index is 0.614. The van der Waals surface area contributed by atoms with Gasteiger partial charge in [0.05, 0.1) is 24.6 Å². The Morgan fingerprint density at radius 2 is 1.88 bits per heavy atom. The Morgan fingerprint density at radius 3 is 2.73 bits per heavy atom. The van der Waals surface area contributed by atoms with Crippen LogP contribution in [0, 0.1) is 6.92 Å². The lowest BCUT2D eigenvalue weighted by atomic mass is 10.2. The van der Waals surface area contributed by atoms with Gasteiger partial charge in [-0.25, -0.2) is 9.97 Å². The highest BCUT2D eigenvalue weighted by atomic mass is 32.2. The van der Waals surface area contributed by atoms with Crippen LogP contribution in [0.5, 0.6) is 0 Å². The van der Waals surface area contributed by atoms with Gasteiger partial charge in [0.2, 0.25) is 0 Å². The molecule has 26 heavy (non-hydrogen) atoms. The molecule has 4 aromatic rings. The number of benzene rings is 1. The highest BCUT2D eigenvalue weighted by Gasteiger charge is 2.05. The fourth-order valence-corrected chi connectivity index (χ4v) is 3.50. The van der Waals surface area contributed by atoms with Crippen LogP contribution in [0.4, 0.5) is 5.82 Å². The molecule has 0 amide bonds. The Hall–Kier alpha value is -2.86. The molecule has 0 fully saturated rings. The Kier molecular flexibility index (Phi) is 4.84. The number of aryl methyl sites for hydroxylation is 1. The van der Waals surface area contributed by atoms with E-state index in [1.807, 2.05) is 18.2 Å². The summed E-state index contributed by atoms with van der Waals surface area (Å²) in [6.07, 6.45) is 5.60. The summed E-state index contributed by atoms with van der Waals surface area (Å²) < 4.78 is 2.09. The lowest BCUT2D eigenvalue weighted by molar-refractivity contribution is 0.997. The average Bonchev–Trinajstić information content (AvgIpc) is 3.11. The van der Waals surface area contributed by atoms with E-state index in [-0.39, 0.29) is 0 Å². The first-order chi connectivity index (χ1) is 12.8. The summed E-state index contributed by atoms with van der Waals surface area (Å²) in [5, 5.41) is 4.22. The van der Waals surface area contributed by atoms with Gasteiger partial charge in [-0.2, -0.15) is 0 Å². The van der Waals surface area contributed by atoms with Gasteiger partial charge in [0.25, 0.3) is 0 Å². The number of aromatic nitrogens is 4. The zero-order valence-corrected chi connectivity index (χ0v) is 15.3. The quantitative estimate of drug-likeness (QED) is 0.518. The highest BCUT2D eigenvalue weighted by Crippen LogP contribution is 2.21. The molecule has 5 nitrogen and oxygen atoms in total. The Bertz CT molecular complexity index is 1010. The van der Waals surface area contributed by atoms with Crippen LogP contribution in [0.1, 0.15) is 17.0 Å². The molecule has 130 valence electrons. The molecule has 3 heterocycles. The average molecular weight is 361 g/mol. The Labute approximate surface area is 156 Å². The number of thioether (sulfide) groups is 1. The number of nitrogens with zero attached hydrogens (tertiary/aromatic N) is 4. The van der Waals surface area contributed by atoms with E-state index in [4.69, 9.17) is 0 Å². The smallest absolute Gasteiger partial charge is 0.146 e. The third-order valence-electron chi connectivity index (χ3n) is 4.04. The minimum absolute atomic E-state index is 0.614. The van der Waals surface area contributed by atoms with Crippen molar-refractivity contribution in [3.63, 3.8) is 0 Å². The SMILES string of the molecule is Cc1cccc2nc(CNc3cncc(SCc4ccccc4)n3)cn12. The lowest BCUT2D eigenvalue weighted by Gasteiger charge is -2.05. The van der Waals surface area contributed by atoms with Crippen molar-refractivity contribution in [3.8, 4) is 0 Å². The van der Waals surface area contributed by atoms with Crippen molar-refractivity contribution in [1.29, 1.82) is 0 Å². The normalized spacial score (nSPS) is 11.0. The summed E-state index contributed by atoms with van der Waals surface area (Å²) >= 11 is 1.68. The van der Waals surface area contributed by atoms with Crippen LogP contribution < -0.4 is 5.32 Å². The highest BCUT2D eigenvalue weighted by molar-refractivity contribution is 7.98. The molecule has 0 aliphatic carbocycles. The number of nitrogens with one attached hydrogen (secondary N) is 1. The van der Waals surface area contributed by atoms with E-state index in [0.29, 0.717) is 6.54 Å². The molecule has 4 rings (SSSR count). The Morgan fingerprint density at radius 1 is 1.00 bits per heavy atom. The number of hydrogen-bond acceptors (Lipinski definition) is 5. The summed E-state index contributed by atoms with van der Waals surface area (Å²) in [6, 6.07) is 16.5. The van der Waals surface area contributed by atoms with Crippen LogP contribution in [0.25, 0.3) is 5.65 Å². The largest absolute Gasteiger partial charge is 0.363 e. The van der Waals surface area contributed by atoms with E-state index in [9.17, 15) is 0 Å². The second kappa shape index (κ2) is 7.58. The zero-order chi connectivity index (χ0) is 17.8. The van der Waals surface area contributed by atoms with Crippen LogP contribution in [-0.2, 0) is 12.3 Å². The van der Waals surface area contributed by atoms with Gasteiger partial charge in [0, 0.05) is 17.6 Å². The molecule has 0 unspecified atom stereocenters. The van der Waals surface area contributed by atoms with E-state index >= 15 is 0 Å². The molecule has 0 aliphatic heterocycles. The van der Waals surface area contributed by atoms with Crippen molar-refractivity contribution in [2.75, 3.05) is 5.32 Å². The number of anilines is 1. The number of pyridine rings is 1. The first-order valence-electron chi connectivity index (χ1n) is 8.44. The number of hydrogen-bond donors (Lipinski definition) is 1. The van der Waals surface area contributed by atoms with E-state index in [1.165, 1.54) is 11.3 Å². The third kappa shape index (κ3) is 3.86. The second-order valence-electron chi connectivity index (χ2n) is 6.00. The van der Waals surface area contributed by atoms with Crippen LogP contribution in [-0.4, -0.2) is 19.4 Å². The number of fused-ring (bicyclic) bond motifs is 1. The van der Waals surface area contributed by atoms with Crippen molar-refractivity contribution in [3.05, 3.63) is 84.1 Å². The molecule has 1 N–H and O–H groups in total. The molecule has 6 heteroatoms. The number of imidazole rings is 1. The molecular weight excluding hydrogens is 342 g/mol. The first-order valence-corrected chi connectivity index (χ1v) is 9.43. The van der Waals surface area contributed by atoms with E-state index < -0.39 is 0 Å². The standard InChI is InChI=1S/C20H19N5S/c1-15-6-5-9-19-23-17(13-25(15)19)10-22-18-11-21-12-20(24-18)26-14-16-7-3-2-4-8-16/h2-9,11-13H,10,14H2,1H3,(H,22,24). The molecule has 0 aliphatic rings. The number of rotatable bonds is 6. The van der Waals surface area contributed by atoms with Crippen LogP contribution in [0.15, 0.2) is 72.1 Å². The molecule has 1 aromatic carbocycles. The van der Waals surface area contributed by atoms with Crippen molar-refractivity contribution < 1.29 is 0 Å². The van der Waals surface area contributed by atoms with Crippen molar-refractivity contribution in [2.45, 2.75) is 24.2 Å². The van der Waals surface area contributed by atoms with Gasteiger partial charge >= 0.3 is 0 Å².